The van der Waals surface area contributed by atoms with Crippen molar-refractivity contribution in [2.45, 2.75) is 6.54 Å². The number of primary amides is 1. The Morgan fingerprint density at radius 1 is 1.39 bits per heavy atom. The molecule has 0 saturated heterocycles. The smallest absolute Gasteiger partial charge is 0.333 e. The number of hydrazine groups is 1. The maximum atomic E-state index is 11.5. The van der Waals surface area contributed by atoms with Crippen molar-refractivity contribution in [2.24, 2.45) is 5.73 Å². The molecule has 0 bridgehead atoms. The van der Waals surface area contributed by atoms with Crippen LogP contribution in [0.1, 0.15) is 0 Å². The number of nitrogens with two attached hydrogens (primary N) is 1. The highest BCUT2D eigenvalue weighted by molar-refractivity contribution is 6.34. The van der Waals surface area contributed by atoms with Gasteiger partial charge in [0, 0.05) is 19.4 Å². The van der Waals surface area contributed by atoms with Crippen molar-refractivity contribution in [3.05, 3.63) is 32.7 Å². The van der Waals surface area contributed by atoms with E-state index in [4.69, 9.17) is 28.9 Å². The summed E-state index contributed by atoms with van der Waals surface area (Å²) < 4.78 is 1.32. The molecule has 0 aliphatic heterocycles. The molecule has 7 nitrogen and oxygen atoms in total. The van der Waals surface area contributed by atoms with Gasteiger partial charge < -0.3 is 10.3 Å². The van der Waals surface area contributed by atoms with Crippen LogP contribution in [0.5, 0.6) is 0 Å². The molecule has 18 heavy (non-hydrogen) atoms. The summed E-state index contributed by atoms with van der Waals surface area (Å²) >= 11 is 11.2. The topological polar surface area (TPSA) is 97.4 Å². The fourth-order valence-electron chi connectivity index (χ4n) is 1.09. The fraction of sp³-hybridized carbons (Fsp3) is 0.222. The van der Waals surface area contributed by atoms with Gasteiger partial charge in [0.1, 0.15) is 16.6 Å². The van der Waals surface area contributed by atoms with Gasteiger partial charge in [-0.15, -0.1) is 0 Å². The highest BCUT2D eigenvalue weighted by Gasteiger charge is 2.10. The first-order valence-corrected chi connectivity index (χ1v) is 5.44. The number of urea groups is 1. The van der Waals surface area contributed by atoms with Gasteiger partial charge in [-0.3, -0.25) is 15.0 Å². The number of pyridine rings is 1. The molecule has 3 amide bonds. The lowest BCUT2D eigenvalue weighted by Crippen LogP contribution is -2.47. The number of carbonyl (C=O) groups excluding carboxylic acids is 2. The number of hydrogen-bond donors (Lipinski definition) is 2. The number of halogens is 2. The summed E-state index contributed by atoms with van der Waals surface area (Å²) in [7, 11) is 1.30. The van der Waals surface area contributed by atoms with E-state index in [1.54, 1.807) is 0 Å². The van der Waals surface area contributed by atoms with Gasteiger partial charge in [0.15, 0.2) is 0 Å². The zero-order valence-electron chi connectivity index (χ0n) is 9.31. The molecule has 0 aliphatic rings. The van der Waals surface area contributed by atoms with Crippen molar-refractivity contribution in [1.29, 1.82) is 0 Å². The van der Waals surface area contributed by atoms with E-state index in [1.165, 1.54) is 24.0 Å². The van der Waals surface area contributed by atoms with Gasteiger partial charge >= 0.3 is 6.03 Å². The lowest BCUT2D eigenvalue weighted by molar-refractivity contribution is -0.124. The normalized spacial score (nSPS) is 9.94. The Bertz CT molecular complexity index is 517. The quantitative estimate of drug-likeness (QED) is 0.762. The van der Waals surface area contributed by atoms with E-state index in [9.17, 15) is 14.4 Å². The van der Waals surface area contributed by atoms with Crippen LogP contribution in [-0.2, 0) is 11.3 Å². The minimum absolute atomic E-state index is 0.0986. The molecule has 9 heteroatoms. The SMILES string of the molecule is CN(NC(=O)Cn1cc(Cl)c(=O)c(Cl)c1)C(N)=O. The average Bonchev–Trinajstić information content (AvgIpc) is 2.25. The van der Waals surface area contributed by atoms with E-state index in [0.717, 1.165) is 5.01 Å². The van der Waals surface area contributed by atoms with Crippen LogP contribution >= 0.6 is 23.2 Å². The number of hydrogen-bond acceptors (Lipinski definition) is 3. The summed E-state index contributed by atoms with van der Waals surface area (Å²) in [4.78, 5) is 33.4. The maximum Gasteiger partial charge on any atom is 0.333 e. The second-order valence-electron chi connectivity index (χ2n) is 3.39. The molecule has 3 N–H and O–H groups in total. The predicted octanol–water partition coefficient (Wildman–Crippen LogP) is 0.197. The largest absolute Gasteiger partial charge is 0.350 e. The second kappa shape index (κ2) is 5.74. The average molecular weight is 293 g/mol. The van der Waals surface area contributed by atoms with Crippen molar-refractivity contribution < 1.29 is 9.59 Å². The lowest BCUT2D eigenvalue weighted by atomic mass is 10.4. The standard InChI is InChI=1S/C9H10Cl2N4O3/c1-14(9(12)18)13-7(16)4-15-2-5(10)8(17)6(11)3-15/h2-3H,4H2,1H3,(H2,12,18)(H,13,16). The van der Waals surface area contributed by atoms with Crippen LogP contribution in [0.4, 0.5) is 4.79 Å². The van der Waals surface area contributed by atoms with E-state index in [1.807, 2.05) is 0 Å². The Morgan fingerprint density at radius 3 is 2.33 bits per heavy atom. The van der Waals surface area contributed by atoms with Crippen LogP contribution in [0, 0.1) is 0 Å². The van der Waals surface area contributed by atoms with Gasteiger partial charge in [0.05, 0.1) is 0 Å². The van der Waals surface area contributed by atoms with Crippen LogP contribution < -0.4 is 16.6 Å². The summed E-state index contributed by atoms with van der Waals surface area (Å²) in [5, 5.41) is 0.630. The number of amides is 3. The molecule has 0 atom stereocenters. The molecule has 0 aliphatic carbocycles. The first-order chi connectivity index (χ1) is 8.31. The second-order valence-corrected chi connectivity index (χ2v) is 4.20. The van der Waals surface area contributed by atoms with Crippen LogP contribution in [0.25, 0.3) is 0 Å². The zero-order chi connectivity index (χ0) is 13.9. The fourth-order valence-corrected chi connectivity index (χ4v) is 1.60. The number of nitrogens with zero attached hydrogens (tertiary/aromatic N) is 2. The summed E-state index contributed by atoms with van der Waals surface area (Å²) in [6, 6.07) is -0.806. The maximum absolute atomic E-state index is 11.5. The number of nitrogens with one attached hydrogen (secondary N) is 1. The first kappa shape index (κ1) is 14.3. The predicted molar refractivity (Wildman–Crippen MR) is 66.2 cm³/mol. The summed E-state index contributed by atoms with van der Waals surface area (Å²) in [5.74, 6) is -0.521. The van der Waals surface area contributed by atoms with Gasteiger partial charge in [-0.05, 0) is 0 Å². The van der Waals surface area contributed by atoms with Gasteiger partial charge in [-0.1, -0.05) is 23.2 Å². The van der Waals surface area contributed by atoms with Gasteiger partial charge in [-0.25, -0.2) is 9.80 Å². The number of rotatable bonds is 2. The monoisotopic (exact) mass is 292 g/mol. The Morgan fingerprint density at radius 2 is 1.89 bits per heavy atom. The minimum Gasteiger partial charge on any atom is -0.350 e. The van der Waals surface area contributed by atoms with Gasteiger partial charge in [0.25, 0.3) is 5.91 Å². The van der Waals surface area contributed by atoms with E-state index in [-0.39, 0.29) is 16.6 Å². The van der Waals surface area contributed by atoms with Crippen molar-refractivity contribution in [3.8, 4) is 0 Å². The molecular weight excluding hydrogens is 283 g/mol. The molecule has 0 aromatic carbocycles. The summed E-state index contributed by atoms with van der Waals surface area (Å²) in [6.07, 6.45) is 2.53. The Balaban J connectivity index is 2.77. The van der Waals surface area contributed by atoms with Crippen molar-refractivity contribution in [1.82, 2.24) is 15.0 Å². The zero-order valence-corrected chi connectivity index (χ0v) is 10.8. The van der Waals surface area contributed by atoms with Crippen LogP contribution in [-0.4, -0.2) is 28.6 Å². The lowest BCUT2D eigenvalue weighted by Gasteiger charge is -2.16. The third kappa shape index (κ3) is 3.64. The van der Waals surface area contributed by atoms with Crippen LogP contribution in [0.15, 0.2) is 17.2 Å². The molecule has 1 rings (SSSR count). The molecular formula is C9H10Cl2N4O3. The minimum atomic E-state index is -0.806. The number of carbonyl (C=O) groups is 2. The van der Waals surface area contributed by atoms with Gasteiger partial charge in [-0.2, -0.15) is 0 Å². The van der Waals surface area contributed by atoms with E-state index in [2.05, 4.69) is 5.43 Å². The van der Waals surface area contributed by atoms with Crippen molar-refractivity contribution in [2.75, 3.05) is 7.05 Å². The highest BCUT2D eigenvalue weighted by Crippen LogP contribution is 2.07. The first-order valence-electron chi connectivity index (χ1n) is 4.69. The summed E-state index contributed by atoms with van der Waals surface area (Å²) in [5.41, 5.74) is 6.63. The molecule has 0 spiro atoms. The van der Waals surface area contributed by atoms with E-state index in [0.29, 0.717) is 0 Å². The summed E-state index contributed by atoms with van der Waals surface area (Å²) in [6.45, 7) is -0.169. The molecule has 98 valence electrons. The molecule has 1 aromatic rings. The Hall–Kier alpha value is -1.73. The Labute approximate surface area is 112 Å². The molecule has 1 heterocycles. The molecule has 0 fully saturated rings. The third-order valence-electron chi connectivity index (χ3n) is 1.94. The van der Waals surface area contributed by atoms with Gasteiger partial charge in [0.2, 0.25) is 5.43 Å². The van der Waals surface area contributed by atoms with E-state index < -0.39 is 17.4 Å². The molecule has 0 saturated carbocycles. The Kier molecular flexibility index (Phi) is 4.57. The van der Waals surface area contributed by atoms with Crippen LogP contribution in [0.2, 0.25) is 10.0 Å². The molecule has 0 radical (unpaired) electrons. The third-order valence-corrected chi connectivity index (χ3v) is 2.48. The number of aromatic nitrogens is 1. The highest BCUT2D eigenvalue weighted by atomic mass is 35.5. The molecule has 1 aromatic heterocycles. The van der Waals surface area contributed by atoms with Crippen molar-refractivity contribution >= 4 is 35.1 Å². The van der Waals surface area contributed by atoms with Crippen LogP contribution in [0.3, 0.4) is 0 Å². The van der Waals surface area contributed by atoms with Crippen molar-refractivity contribution in [3.63, 3.8) is 0 Å². The molecule has 0 unspecified atom stereocenters. The van der Waals surface area contributed by atoms with E-state index >= 15 is 0 Å².